The van der Waals surface area contributed by atoms with E-state index in [1.54, 1.807) is 6.21 Å². The molecule has 2 N–H and O–H groups in total. The third kappa shape index (κ3) is 3.40. The lowest BCUT2D eigenvalue weighted by Crippen LogP contribution is -2.11. The highest BCUT2D eigenvalue weighted by molar-refractivity contribution is 5.65. The molecule has 2 heterocycles. The highest BCUT2D eigenvalue weighted by Crippen LogP contribution is 2.33. The molecule has 0 spiro atoms. The van der Waals surface area contributed by atoms with E-state index in [4.69, 9.17) is 0 Å². The Kier molecular flexibility index (Phi) is 3.98. The van der Waals surface area contributed by atoms with Gasteiger partial charge in [-0.1, -0.05) is 0 Å². The fraction of sp³-hybridized carbons (Fsp3) is 0.545. The van der Waals surface area contributed by atoms with Gasteiger partial charge in [0, 0.05) is 31.9 Å². The molecule has 1 unspecified atom stereocenters. The van der Waals surface area contributed by atoms with Gasteiger partial charge in [-0.2, -0.15) is 18.2 Å². The number of alkyl halides is 3. The fourth-order valence-corrected chi connectivity index (χ4v) is 1.81. The maximum atomic E-state index is 12.6. The predicted molar refractivity (Wildman–Crippen MR) is 65.7 cm³/mol. The van der Waals surface area contributed by atoms with Gasteiger partial charge in [-0.05, 0) is 13.0 Å². The average molecular weight is 273 g/mol. The first kappa shape index (κ1) is 13.7. The van der Waals surface area contributed by atoms with Crippen LogP contribution in [0.5, 0.6) is 0 Å². The zero-order valence-electron chi connectivity index (χ0n) is 10.3. The highest BCUT2D eigenvalue weighted by atomic mass is 19.4. The summed E-state index contributed by atoms with van der Waals surface area (Å²) < 4.78 is 37.9. The Hall–Kier alpha value is -1.70. The van der Waals surface area contributed by atoms with Gasteiger partial charge < -0.3 is 10.6 Å². The van der Waals surface area contributed by atoms with Crippen molar-refractivity contribution in [1.29, 1.82) is 0 Å². The quantitative estimate of drug-likeness (QED) is 0.825. The van der Waals surface area contributed by atoms with Gasteiger partial charge in [-0.3, -0.25) is 0 Å². The third-order valence-corrected chi connectivity index (χ3v) is 2.82. The maximum Gasteiger partial charge on any atom is 0.421 e. The first-order valence-corrected chi connectivity index (χ1v) is 5.87. The molecule has 0 bridgehead atoms. The molecular formula is C11H14F3N5. The summed E-state index contributed by atoms with van der Waals surface area (Å²) in [7, 11) is 1.38. The van der Waals surface area contributed by atoms with Crippen molar-refractivity contribution in [3.63, 3.8) is 0 Å². The van der Waals surface area contributed by atoms with E-state index in [2.05, 4.69) is 25.6 Å². The number of rotatable bonds is 3. The smallest absolute Gasteiger partial charge is 0.372 e. The lowest BCUT2D eigenvalue weighted by atomic mass is 10.1. The molecule has 1 atom stereocenters. The second-order valence-corrected chi connectivity index (χ2v) is 4.21. The minimum absolute atomic E-state index is 0.0317. The zero-order valence-corrected chi connectivity index (χ0v) is 10.3. The molecule has 0 amide bonds. The van der Waals surface area contributed by atoms with E-state index in [9.17, 15) is 13.2 Å². The number of hydrogen-bond donors (Lipinski definition) is 2. The van der Waals surface area contributed by atoms with Gasteiger partial charge in [0.2, 0.25) is 0 Å². The van der Waals surface area contributed by atoms with E-state index in [0.717, 1.165) is 25.7 Å². The van der Waals surface area contributed by atoms with Crippen LogP contribution in [0.25, 0.3) is 0 Å². The first-order chi connectivity index (χ1) is 9.00. The highest BCUT2D eigenvalue weighted by Gasteiger charge is 2.34. The Balaban J connectivity index is 2.19. The molecule has 104 valence electrons. The molecule has 8 heteroatoms. The summed E-state index contributed by atoms with van der Waals surface area (Å²) in [6.07, 6.45) is -1.08. The predicted octanol–water partition coefficient (Wildman–Crippen LogP) is 1.85. The SMILES string of the molecule is CNc1nc(/N=C/C2CCNC2)ncc1C(F)(F)F. The fourth-order valence-electron chi connectivity index (χ4n) is 1.81. The Morgan fingerprint density at radius 2 is 2.32 bits per heavy atom. The summed E-state index contributed by atoms with van der Waals surface area (Å²) in [5, 5.41) is 5.58. The van der Waals surface area contributed by atoms with E-state index in [1.807, 2.05) is 0 Å². The molecule has 0 radical (unpaired) electrons. The molecular weight excluding hydrogens is 259 g/mol. The second kappa shape index (κ2) is 5.52. The van der Waals surface area contributed by atoms with Gasteiger partial charge >= 0.3 is 6.18 Å². The van der Waals surface area contributed by atoms with E-state index in [-0.39, 0.29) is 17.7 Å². The maximum absolute atomic E-state index is 12.6. The zero-order chi connectivity index (χ0) is 13.9. The van der Waals surface area contributed by atoms with Crippen molar-refractivity contribution >= 4 is 18.0 Å². The summed E-state index contributed by atoms with van der Waals surface area (Å²) in [4.78, 5) is 11.4. The van der Waals surface area contributed by atoms with Crippen LogP contribution in [0.15, 0.2) is 11.2 Å². The monoisotopic (exact) mass is 273 g/mol. The molecule has 1 fully saturated rings. The standard InChI is InChI=1S/C11H14F3N5/c1-15-9-8(11(12,13)14)6-18-10(19-9)17-5-7-2-3-16-4-7/h5-7,16H,2-4H2,1H3,(H,15,18,19)/b17-5+. The topological polar surface area (TPSA) is 62.2 Å². The van der Waals surface area contributed by atoms with Crippen LogP contribution < -0.4 is 10.6 Å². The molecule has 0 aliphatic carbocycles. The summed E-state index contributed by atoms with van der Waals surface area (Å²) in [6, 6.07) is 0. The Morgan fingerprint density at radius 3 is 2.89 bits per heavy atom. The molecule has 1 aliphatic rings. The number of halogens is 3. The molecule has 0 saturated carbocycles. The summed E-state index contributed by atoms with van der Waals surface area (Å²) in [6.45, 7) is 1.75. The number of nitrogens with one attached hydrogen (secondary N) is 2. The van der Waals surface area contributed by atoms with Crippen LogP contribution in [0.2, 0.25) is 0 Å². The van der Waals surface area contributed by atoms with Crippen molar-refractivity contribution < 1.29 is 13.2 Å². The van der Waals surface area contributed by atoms with E-state index in [1.165, 1.54) is 7.05 Å². The van der Waals surface area contributed by atoms with Crippen molar-refractivity contribution in [2.24, 2.45) is 10.9 Å². The van der Waals surface area contributed by atoms with Crippen molar-refractivity contribution in [1.82, 2.24) is 15.3 Å². The van der Waals surface area contributed by atoms with Crippen LogP contribution in [-0.2, 0) is 6.18 Å². The number of aromatic nitrogens is 2. The lowest BCUT2D eigenvalue weighted by molar-refractivity contribution is -0.137. The molecule has 1 aromatic heterocycles. The van der Waals surface area contributed by atoms with Gasteiger partial charge in [0.25, 0.3) is 5.95 Å². The van der Waals surface area contributed by atoms with Crippen molar-refractivity contribution in [2.45, 2.75) is 12.6 Å². The van der Waals surface area contributed by atoms with E-state index in [0.29, 0.717) is 0 Å². The van der Waals surface area contributed by atoms with Crippen LogP contribution in [0.4, 0.5) is 24.9 Å². The molecule has 1 aromatic rings. The van der Waals surface area contributed by atoms with Crippen molar-refractivity contribution in [2.75, 3.05) is 25.5 Å². The molecule has 2 rings (SSSR count). The first-order valence-electron chi connectivity index (χ1n) is 5.87. The molecule has 1 aliphatic heterocycles. The average Bonchev–Trinajstić information content (AvgIpc) is 2.88. The molecule has 0 aromatic carbocycles. The number of nitrogens with zero attached hydrogens (tertiary/aromatic N) is 3. The molecule has 19 heavy (non-hydrogen) atoms. The van der Waals surface area contributed by atoms with Gasteiger partial charge in [0.1, 0.15) is 11.4 Å². The molecule has 5 nitrogen and oxygen atoms in total. The van der Waals surface area contributed by atoms with Crippen LogP contribution >= 0.6 is 0 Å². The second-order valence-electron chi connectivity index (χ2n) is 4.21. The van der Waals surface area contributed by atoms with Gasteiger partial charge in [0.05, 0.1) is 0 Å². The van der Waals surface area contributed by atoms with Crippen LogP contribution in [0.1, 0.15) is 12.0 Å². The minimum Gasteiger partial charge on any atom is -0.372 e. The third-order valence-electron chi connectivity index (χ3n) is 2.82. The lowest BCUT2D eigenvalue weighted by Gasteiger charge is -2.10. The van der Waals surface area contributed by atoms with Crippen molar-refractivity contribution in [3.05, 3.63) is 11.8 Å². The van der Waals surface area contributed by atoms with Gasteiger partial charge in [0.15, 0.2) is 0 Å². The number of hydrogen-bond acceptors (Lipinski definition) is 5. The Morgan fingerprint density at radius 1 is 1.53 bits per heavy atom. The van der Waals surface area contributed by atoms with Crippen LogP contribution in [0, 0.1) is 5.92 Å². The Bertz CT molecular complexity index is 466. The van der Waals surface area contributed by atoms with E-state index >= 15 is 0 Å². The normalized spacial score (nSPS) is 20.1. The largest absolute Gasteiger partial charge is 0.421 e. The van der Waals surface area contributed by atoms with E-state index < -0.39 is 11.7 Å². The van der Waals surface area contributed by atoms with Gasteiger partial charge in [-0.15, -0.1) is 0 Å². The molecule has 1 saturated heterocycles. The van der Waals surface area contributed by atoms with Crippen molar-refractivity contribution in [3.8, 4) is 0 Å². The summed E-state index contributed by atoms with van der Waals surface area (Å²) in [5.41, 5.74) is -0.892. The summed E-state index contributed by atoms with van der Waals surface area (Å²) >= 11 is 0. The number of aliphatic imine (C=N–C) groups is 1. The van der Waals surface area contributed by atoms with Crippen LogP contribution in [-0.4, -0.2) is 36.3 Å². The Labute approximate surface area is 108 Å². The summed E-state index contributed by atoms with van der Waals surface area (Å²) in [5.74, 6) is 0.0485. The number of anilines is 1. The van der Waals surface area contributed by atoms with Crippen LogP contribution in [0.3, 0.4) is 0 Å². The minimum atomic E-state index is -4.48. The van der Waals surface area contributed by atoms with Gasteiger partial charge in [-0.25, -0.2) is 9.98 Å².